The molecule has 2 saturated carbocycles. The maximum Gasteiger partial charge on any atom is 0.366 e. The van der Waals surface area contributed by atoms with Crippen molar-refractivity contribution in [1.29, 1.82) is 5.26 Å². The number of nitrogens with one attached hydrogen (secondary N) is 3. The lowest BCUT2D eigenvalue weighted by molar-refractivity contribution is -0.785. The van der Waals surface area contributed by atoms with E-state index in [0.717, 1.165) is 11.3 Å². The second-order valence-electron chi connectivity index (χ2n) is 11.4. The number of hydrogen-bond acceptors (Lipinski definition) is 9. The lowest BCUT2D eigenvalue weighted by Crippen LogP contribution is -2.75. The fourth-order valence-electron chi connectivity index (χ4n) is 6.19. The molecule has 1 aliphatic heterocycles. The van der Waals surface area contributed by atoms with Crippen molar-refractivity contribution in [1.82, 2.24) is 26.3 Å². The van der Waals surface area contributed by atoms with Crippen molar-refractivity contribution in [3.8, 4) is 6.07 Å². The van der Waals surface area contributed by atoms with Gasteiger partial charge in [-0.25, -0.2) is 9.18 Å². The first-order chi connectivity index (χ1) is 19.2. The smallest absolute Gasteiger partial charge is 0.290 e. The van der Waals surface area contributed by atoms with Gasteiger partial charge in [-0.05, 0) is 56.6 Å². The fraction of sp³-hybridized carbons (Fsp3) is 0.741. The number of H-pyrrole nitrogens is 1. The van der Waals surface area contributed by atoms with Crippen molar-refractivity contribution in [3.05, 3.63) is 18.0 Å². The first-order valence-electron chi connectivity index (χ1n) is 14.2. The van der Waals surface area contributed by atoms with Crippen molar-refractivity contribution in [3.63, 3.8) is 0 Å². The number of halogens is 1. The van der Waals surface area contributed by atoms with Crippen LogP contribution in [-0.4, -0.2) is 78.4 Å². The minimum Gasteiger partial charge on any atom is -0.290 e. The van der Waals surface area contributed by atoms with Crippen LogP contribution in [0.3, 0.4) is 0 Å². The Morgan fingerprint density at radius 3 is 2.75 bits per heavy atom. The maximum atomic E-state index is 14.1. The molecule has 3 fully saturated rings. The summed E-state index contributed by atoms with van der Waals surface area (Å²) in [6.45, 7) is 6.69. The van der Waals surface area contributed by atoms with Gasteiger partial charge in [0.15, 0.2) is 4.75 Å². The van der Waals surface area contributed by atoms with Crippen LogP contribution in [0, 0.1) is 35.0 Å². The van der Waals surface area contributed by atoms with Crippen LogP contribution in [-0.2, 0) is 4.79 Å². The van der Waals surface area contributed by atoms with Gasteiger partial charge in [0, 0.05) is 6.42 Å². The van der Waals surface area contributed by atoms with Crippen molar-refractivity contribution in [2.24, 2.45) is 28.7 Å². The third-order valence-corrected chi connectivity index (χ3v) is 10.8. The van der Waals surface area contributed by atoms with Crippen LogP contribution in [0.25, 0.3) is 5.57 Å². The van der Waals surface area contributed by atoms with Crippen molar-refractivity contribution < 1.29 is 18.4 Å². The topological polar surface area (TPSA) is 139 Å². The van der Waals surface area contributed by atoms with Gasteiger partial charge in [0.1, 0.15) is 36.2 Å². The molecule has 1 aromatic rings. The van der Waals surface area contributed by atoms with E-state index < -0.39 is 16.8 Å². The number of rotatable bonds is 14. The highest BCUT2D eigenvalue weighted by molar-refractivity contribution is 7.98. The van der Waals surface area contributed by atoms with E-state index in [1.54, 1.807) is 18.1 Å². The minimum atomic E-state index is -0.982. The van der Waals surface area contributed by atoms with Crippen LogP contribution in [0.2, 0.25) is 0 Å². The number of amides is 1. The van der Waals surface area contributed by atoms with Crippen molar-refractivity contribution in [2.45, 2.75) is 76.3 Å². The summed E-state index contributed by atoms with van der Waals surface area (Å²) in [5.41, 5.74) is 7.14. The van der Waals surface area contributed by atoms with Gasteiger partial charge in [0.2, 0.25) is 0 Å². The number of nitriles is 1. The van der Waals surface area contributed by atoms with Crippen molar-refractivity contribution >= 4 is 41.0 Å². The standard InChI is InChI=1S/C27H42FN8O2S2/c1-5-36(33-24(17(2)14-29)21(16-39-4)18-8-6-7-9-18)26(37)27(3,40-36)13-19(23-15-31-35-32-23)10-11-30-25(34-38)20-12-22(20)28/h10,15,17-18,20-22,24,33,38H,5-9,11-13,16H2,1-4H3,(H,30,34)(H,31,32,35)/q+1. The molecule has 220 valence electrons. The number of nitrogens with zero attached hydrogens (tertiary/aromatic N) is 5. The molecule has 4 N–H and O–H groups in total. The predicted octanol–water partition coefficient (Wildman–Crippen LogP) is 4.30. The molecule has 7 atom stereocenters. The van der Waals surface area contributed by atoms with E-state index in [1.165, 1.54) is 25.7 Å². The number of thioether (sulfide) groups is 1. The number of aliphatic imine (C=N–C) groups is 1. The second-order valence-corrected chi connectivity index (χ2v) is 14.0. The number of aromatic amines is 1. The van der Waals surface area contributed by atoms with Gasteiger partial charge in [-0.3, -0.25) is 15.7 Å². The number of hydrogen-bond donors (Lipinski definition) is 4. The Morgan fingerprint density at radius 1 is 1.50 bits per heavy atom. The van der Waals surface area contributed by atoms with E-state index in [1.807, 2.05) is 44.1 Å². The molecule has 13 heteroatoms. The molecule has 1 saturated heterocycles. The molecular formula is C27H42FN8O2S2+. The van der Waals surface area contributed by atoms with Crippen LogP contribution < -0.4 is 10.9 Å². The first-order valence-corrected chi connectivity index (χ1v) is 16.3. The number of quaternary nitrogens is 1. The zero-order chi connectivity index (χ0) is 28.9. The molecule has 2 aliphatic carbocycles. The summed E-state index contributed by atoms with van der Waals surface area (Å²) in [7, 11) is 0. The number of allylic oxidation sites excluding steroid dienone is 1. The summed E-state index contributed by atoms with van der Waals surface area (Å²) in [4.78, 5) is 18.4. The van der Waals surface area contributed by atoms with Gasteiger partial charge in [-0.15, -0.1) is 9.42 Å². The predicted molar refractivity (Wildman–Crippen MR) is 157 cm³/mol. The molecule has 3 aliphatic rings. The monoisotopic (exact) mass is 593 g/mol. The number of hydroxylamine groups is 1. The molecule has 1 amide bonds. The van der Waals surface area contributed by atoms with E-state index in [-0.39, 0.29) is 34.2 Å². The zero-order valence-electron chi connectivity index (χ0n) is 23.8. The van der Waals surface area contributed by atoms with Gasteiger partial charge in [-0.1, -0.05) is 31.8 Å². The molecule has 7 unspecified atom stereocenters. The number of carbonyl (C=O) groups is 1. The summed E-state index contributed by atoms with van der Waals surface area (Å²) < 4.78 is 12.8. The molecule has 10 nitrogen and oxygen atoms in total. The lowest BCUT2D eigenvalue weighted by atomic mass is 9.81. The van der Waals surface area contributed by atoms with Gasteiger partial charge in [0.05, 0.1) is 36.7 Å². The summed E-state index contributed by atoms with van der Waals surface area (Å²) >= 11 is 3.39. The lowest BCUT2D eigenvalue weighted by Gasteiger charge is -2.51. The quantitative estimate of drug-likeness (QED) is 0.0817. The molecule has 0 radical (unpaired) electrons. The van der Waals surface area contributed by atoms with Gasteiger partial charge in [-0.2, -0.15) is 32.4 Å². The number of amidine groups is 1. The average molecular weight is 594 g/mol. The Hall–Kier alpha value is -1.98. The number of carbonyl (C=O) groups excluding carboxylic acids is 1. The summed E-state index contributed by atoms with van der Waals surface area (Å²) in [5.74, 6) is 1.52. The molecule has 0 spiro atoms. The van der Waals surface area contributed by atoms with Crippen LogP contribution in [0.5, 0.6) is 0 Å². The molecule has 2 heterocycles. The average Bonchev–Trinajstić information content (AvgIpc) is 3.37. The van der Waals surface area contributed by atoms with E-state index in [9.17, 15) is 19.7 Å². The van der Waals surface area contributed by atoms with Gasteiger partial charge in [0.25, 0.3) is 0 Å². The Bertz CT molecular complexity index is 1120. The Labute approximate surface area is 244 Å². The molecule has 0 aromatic carbocycles. The molecule has 4 rings (SSSR count). The normalized spacial score (nSPS) is 31.4. The highest BCUT2D eigenvalue weighted by Gasteiger charge is 2.67. The third-order valence-electron chi connectivity index (χ3n) is 8.56. The minimum absolute atomic E-state index is 0.0679. The van der Waals surface area contributed by atoms with E-state index >= 15 is 0 Å². The number of aromatic nitrogens is 3. The maximum absolute atomic E-state index is 14.1. The SMILES string of the molecule is CC[N+]1(NC(C(C)C#N)C(CSC)C2CCCC2)SC(C)(CC(=CCN=C(NO)C2CC2F)c2cn[nH]n2)C1=O. The Morgan fingerprint density at radius 2 is 2.23 bits per heavy atom. The third kappa shape index (κ3) is 6.57. The van der Waals surface area contributed by atoms with E-state index in [4.69, 9.17) is 0 Å². The van der Waals surface area contributed by atoms with Crippen LogP contribution in [0.1, 0.15) is 65.0 Å². The second kappa shape index (κ2) is 13.3. The van der Waals surface area contributed by atoms with Crippen LogP contribution in [0.4, 0.5) is 4.39 Å². The Balaban J connectivity index is 1.52. The zero-order valence-corrected chi connectivity index (χ0v) is 25.4. The first kappa shape index (κ1) is 31.0. The molecular weight excluding hydrogens is 551 g/mol. The van der Waals surface area contributed by atoms with Crippen LogP contribution in [0.15, 0.2) is 17.3 Å². The van der Waals surface area contributed by atoms with Crippen LogP contribution >= 0.6 is 23.7 Å². The molecule has 1 aromatic heterocycles. The van der Waals surface area contributed by atoms with Crippen molar-refractivity contribution in [2.75, 3.05) is 25.1 Å². The van der Waals surface area contributed by atoms with E-state index in [0.29, 0.717) is 36.9 Å². The van der Waals surface area contributed by atoms with Gasteiger partial charge >= 0.3 is 5.91 Å². The Kier molecular flexibility index (Phi) is 10.3. The summed E-state index contributed by atoms with van der Waals surface area (Å²) in [6, 6.07) is 2.38. The number of alkyl halides is 1. The summed E-state index contributed by atoms with van der Waals surface area (Å²) in [5, 5.41) is 30.1. The fourth-order valence-corrected chi connectivity index (χ4v) is 8.66. The van der Waals surface area contributed by atoms with Gasteiger partial charge < -0.3 is 0 Å². The summed E-state index contributed by atoms with van der Waals surface area (Å²) in [6.07, 6.45) is 10.2. The highest BCUT2D eigenvalue weighted by Crippen LogP contribution is 2.53. The molecule has 40 heavy (non-hydrogen) atoms. The highest BCUT2D eigenvalue weighted by atomic mass is 32.2. The largest absolute Gasteiger partial charge is 0.366 e. The molecule has 0 bridgehead atoms. The van der Waals surface area contributed by atoms with E-state index in [2.05, 4.69) is 38.2 Å².